The summed E-state index contributed by atoms with van der Waals surface area (Å²) in [6.07, 6.45) is 1.34. The van der Waals surface area contributed by atoms with Gasteiger partial charge in [-0.1, -0.05) is 47.6 Å². The van der Waals surface area contributed by atoms with Crippen LogP contribution in [0.1, 0.15) is 66.4 Å². The Morgan fingerprint density at radius 1 is 0.816 bits per heavy atom. The summed E-state index contributed by atoms with van der Waals surface area (Å²) in [6, 6.07) is 4.02. The highest BCUT2D eigenvalue weighted by Gasteiger charge is 2.23. The molecule has 1 aromatic carbocycles. The van der Waals surface area contributed by atoms with Gasteiger partial charge in [-0.2, -0.15) is 0 Å². The van der Waals surface area contributed by atoms with Crippen molar-refractivity contribution in [3.63, 3.8) is 0 Å². The van der Waals surface area contributed by atoms with Crippen LogP contribution in [0.15, 0.2) is 18.2 Å². The molecule has 3 atom stereocenters. The van der Waals surface area contributed by atoms with Crippen LogP contribution in [-0.2, 0) is 35.0 Å². The van der Waals surface area contributed by atoms with Crippen LogP contribution in [0.25, 0.3) is 0 Å². The molecule has 0 saturated heterocycles. The summed E-state index contributed by atoms with van der Waals surface area (Å²) in [4.78, 5) is 48.9. The van der Waals surface area contributed by atoms with E-state index in [0.717, 1.165) is 6.42 Å². The third-order valence-electron chi connectivity index (χ3n) is 6.01. The van der Waals surface area contributed by atoms with Gasteiger partial charge in [0.15, 0.2) is 11.5 Å². The Morgan fingerprint density at radius 2 is 1.39 bits per heavy atom. The van der Waals surface area contributed by atoms with Crippen molar-refractivity contribution < 1.29 is 42.9 Å². The summed E-state index contributed by atoms with van der Waals surface area (Å²) in [5.74, 6) is -1.44. The van der Waals surface area contributed by atoms with E-state index in [1.54, 1.807) is 32.0 Å². The van der Waals surface area contributed by atoms with Crippen LogP contribution in [0.2, 0.25) is 0 Å². The van der Waals surface area contributed by atoms with Crippen LogP contribution < -0.4 is 14.8 Å². The molecule has 1 aromatic rings. The number of carbonyl (C=O) groups is 4. The van der Waals surface area contributed by atoms with E-state index < -0.39 is 30.1 Å². The van der Waals surface area contributed by atoms with Crippen molar-refractivity contribution in [3.8, 4) is 11.5 Å². The first-order valence-electron chi connectivity index (χ1n) is 13.2. The fraction of sp³-hybridized carbons (Fsp3) is 0.643. The zero-order valence-electron chi connectivity index (χ0n) is 23.7. The Bertz CT molecular complexity index is 916. The molecule has 214 valence electrons. The fourth-order valence-corrected chi connectivity index (χ4v) is 3.00. The predicted octanol–water partition coefficient (Wildman–Crippen LogP) is 4.46. The quantitative estimate of drug-likeness (QED) is 0.183. The van der Waals surface area contributed by atoms with Gasteiger partial charge in [-0.05, 0) is 49.3 Å². The fourth-order valence-electron chi connectivity index (χ4n) is 3.00. The van der Waals surface area contributed by atoms with Gasteiger partial charge in [0.25, 0.3) is 0 Å². The number of rotatable bonds is 16. The lowest BCUT2D eigenvalue weighted by molar-refractivity contribution is -0.143. The average Bonchev–Trinajstić information content (AvgIpc) is 2.89. The third kappa shape index (κ3) is 11.9. The van der Waals surface area contributed by atoms with E-state index in [1.807, 2.05) is 27.7 Å². The van der Waals surface area contributed by atoms with Gasteiger partial charge in [-0.15, -0.1) is 0 Å². The largest absolute Gasteiger partial charge is 0.508 e. The van der Waals surface area contributed by atoms with Crippen molar-refractivity contribution in [2.75, 3.05) is 26.9 Å². The highest BCUT2D eigenvalue weighted by molar-refractivity contribution is 5.79. The lowest BCUT2D eigenvalue weighted by Crippen LogP contribution is -2.41. The summed E-state index contributed by atoms with van der Waals surface area (Å²) in [5.41, 5.74) is 0.636. The van der Waals surface area contributed by atoms with E-state index in [0.29, 0.717) is 24.3 Å². The summed E-state index contributed by atoms with van der Waals surface area (Å²) >= 11 is 0. The molecule has 1 rings (SSSR count). The second-order valence-electron chi connectivity index (χ2n) is 9.61. The van der Waals surface area contributed by atoms with E-state index in [-0.39, 0.29) is 49.5 Å². The first-order chi connectivity index (χ1) is 18.0. The molecule has 0 bridgehead atoms. The van der Waals surface area contributed by atoms with Gasteiger partial charge >= 0.3 is 24.1 Å². The smallest absolute Gasteiger partial charge is 0.468 e. The minimum absolute atomic E-state index is 0.00369. The summed E-state index contributed by atoms with van der Waals surface area (Å²) in [7, 11) is 1.27. The van der Waals surface area contributed by atoms with Crippen LogP contribution in [-0.4, -0.2) is 57.0 Å². The molecule has 10 nitrogen and oxygen atoms in total. The van der Waals surface area contributed by atoms with E-state index in [1.165, 1.54) is 7.11 Å². The highest BCUT2D eigenvalue weighted by atomic mass is 16.7. The van der Waals surface area contributed by atoms with E-state index in [9.17, 15) is 19.2 Å². The first kappa shape index (κ1) is 32.9. The molecule has 0 heterocycles. The van der Waals surface area contributed by atoms with Crippen LogP contribution in [0.3, 0.4) is 0 Å². The van der Waals surface area contributed by atoms with E-state index >= 15 is 0 Å². The number of esters is 3. The number of ether oxygens (including phenoxy) is 5. The zero-order chi connectivity index (χ0) is 28.7. The van der Waals surface area contributed by atoms with Crippen LogP contribution >= 0.6 is 0 Å². The van der Waals surface area contributed by atoms with Gasteiger partial charge in [0, 0.05) is 6.54 Å². The Kier molecular flexibility index (Phi) is 15.0. The number of hydrogen-bond acceptors (Lipinski definition) is 10. The summed E-state index contributed by atoms with van der Waals surface area (Å²) < 4.78 is 26.0. The van der Waals surface area contributed by atoms with Crippen molar-refractivity contribution in [1.82, 2.24) is 5.32 Å². The maximum absolute atomic E-state index is 12.5. The second kappa shape index (κ2) is 17.4. The Labute approximate surface area is 225 Å². The lowest BCUT2D eigenvalue weighted by Gasteiger charge is -2.19. The number of carbonyl (C=O) groups excluding carboxylic acids is 4. The van der Waals surface area contributed by atoms with Gasteiger partial charge in [-0.3, -0.25) is 14.4 Å². The Morgan fingerprint density at radius 3 is 1.95 bits per heavy atom. The second-order valence-corrected chi connectivity index (χ2v) is 9.61. The molecule has 0 saturated carbocycles. The molecule has 2 unspecified atom stereocenters. The van der Waals surface area contributed by atoms with Crippen molar-refractivity contribution in [2.24, 2.45) is 17.8 Å². The summed E-state index contributed by atoms with van der Waals surface area (Å²) in [6.45, 7) is 11.7. The third-order valence-corrected chi connectivity index (χ3v) is 6.01. The molecule has 0 amide bonds. The zero-order valence-corrected chi connectivity index (χ0v) is 23.7. The number of nitrogens with one attached hydrogen (secondary N) is 1. The standard InChI is InChI=1S/C28H43NO9/c1-8-19(5)25(30)37-23-11-10-21(17-24(23)38-26(31)20(6)9-2)16-22(27(32)34-7)29-13-15-36-28(33)35-14-12-18(3)4/h10-11,17-20,22,29H,8-9,12-16H2,1-7H3/t19?,20?,22-/m0/s1. The molecule has 38 heavy (non-hydrogen) atoms. The molecule has 0 aliphatic heterocycles. The summed E-state index contributed by atoms with van der Waals surface area (Å²) in [5, 5.41) is 3.01. The Hall–Kier alpha value is -3.14. The molecule has 0 aliphatic rings. The number of hydrogen-bond donors (Lipinski definition) is 1. The average molecular weight is 538 g/mol. The van der Waals surface area contributed by atoms with Crippen LogP contribution in [0, 0.1) is 17.8 Å². The maximum atomic E-state index is 12.5. The van der Waals surface area contributed by atoms with Crippen molar-refractivity contribution in [3.05, 3.63) is 23.8 Å². The van der Waals surface area contributed by atoms with Crippen molar-refractivity contribution in [2.45, 2.75) is 73.3 Å². The van der Waals surface area contributed by atoms with Gasteiger partial charge in [-0.25, -0.2) is 4.79 Å². The van der Waals surface area contributed by atoms with E-state index in [4.69, 9.17) is 23.7 Å². The molecule has 1 N–H and O–H groups in total. The Balaban J connectivity index is 2.93. The monoisotopic (exact) mass is 537 g/mol. The maximum Gasteiger partial charge on any atom is 0.508 e. The van der Waals surface area contributed by atoms with Gasteiger partial charge in [0.2, 0.25) is 0 Å². The molecule has 0 aliphatic carbocycles. The number of methoxy groups -OCH3 is 1. The number of benzene rings is 1. The molecule has 0 aromatic heterocycles. The molecular weight excluding hydrogens is 494 g/mol. The minimum Gasteiger partial charge on any atom is -0.468 e. The van der Waals surface area contributed by atoms with Crippen molar-refractivity contribution >= 4 is 24.1 Å². The highest BCUT2D eigenvalue weighted by Crippen LogP contribution is 2.31. The molecule has 0 fully saturated rings. The van der Waals surface area contributed by atoms with Crippen LogP contribution in [0.5, 0.6) is 11.5 Å². The van der Waals surface area contributed by atoms with Gasteiger partial charge < -0.3 is 29.0 Å². The van der Waals surface area contributed by atoms with Crippen LogP contribution in [0.4, 0.5) is 4.79 Å². The van der Waals surface area contributed by atoms with Gasteiger partial charge in [0.05, 0.1) is 25.6 Å². The van der Waals surface area contributed by atoms with Crippen molar-refractivity contribution in [1.29, 1.82) is 0 Å². The lowest BCUT2D eigenvalue weighted by atomic mass is 10.0. The normalized spacial score (nSPS) is 13.3. The molecule has 10 heteroatoms. The molecule has 0 spiro atoms. The SMILES string of the molecule is CCC(C)C(=O)Oc1ccc(C[C@H](NCCOC(=O)OCCC(C)C)C(=O)OC)cc1OC(=O)C(C)CC. The topological polar surface area (TPSA) is 126 Å². The van der Waals surface area contributed by atoms with Gasteiger partial charge in [0.1, 0.15) is 12.6 Å². The predicted molar refractivity (Wildman–Crippen MR) is 141 cm³/mol. The minimum atomic E-state index is -0.771. The van der Waals surface area contributed by atoms with E-state index in [2.05, 4.69) is 5.32 Å². The first-order valence-corrected chi connectivity index (χ1v) is 13.2. The molecule has 0 radical (unpaired) electrons. The molecular formula is C28H43NO9.